The van der Waals surface area contributed by atoms with Crippen LogP contribution in [0.3, 0.4) is 0 Å². The highest BCUT2D eigenvalue weighted by Gasteiger charge is 2.03. The number of hydrogen-bond donors (Lipinski definition) is 1. The molecule has 0 aliphatic carbocycles. The van der Waals surface area contributed by atoms with Gasteiger partial charge in [-0.05, 0) is 7.05 Å². The van der Waals surface area contributed by atoms with Gasteiger partial charge in [-0.15, -0.1) is 0 Å². The zero-order valence-electron chi connectivity index (χ0n) is 6.76. The average molecular weight is 174 g/mol. The molecule has 1 aromatic rings. The van der Waals surface area contributed by atoms with E-state index in [1.807, 2.05) is 14.1 Å². The van der Waals surface area contributed by atoms with Gasteiger partial charge in [0.15, 0.2) is 0 Å². The Hall–Kier alpha value is -0.540. The van der Waals surface area contributed by atoms with Crippen LogP contribution in [0.15, 0.2) is 6.20 Å². The zero-order chi connectivity index (χ0) is 8.27. The maximum atomic E-state index is 5.87. The Morgan fingerprint density at radius 2 is 2.45 bits per heavy atom. The molecule has 11 heavy (non-hydrogen) atoms. The van der Waals surface area contributed by atoms with Gasteiger partial charge < -0.3 is 5.32 Å². The van der Waals surface area contributed by atoms with Gasteiger partial charge in [-0.25, -0.2) is 0 Å². The number of nitrogens with zero attached hydrogens (tertiary/aromatic N) is 2. The average Bonchev–Trinajstić information content (AvgIpc) is 2.29. The number of hydrogen-bond acceptors (Lipinski definition) is 2. The number of likely N-dealkylation sites (N-methyl/N-ethyl adjacent to an activating group) is 1. The number of rotatable bonds is 3. The van der Waals surface area contributed by atoms with Gasteiger partial charge in [0.2, 0.25) is 0 Å². The molecule has 0 aliphatic rings. The van der Waals surface area contributed by atoms with Crippen LogP contribution in [0.4, 0.5) is 0 Å². The van der Waals surface area contributed by atoms with Crippen molar-refractivity contribution in [2.24, 2.45) is 7.05 Å². The van der Waals surface area contributed by atoms with Crippen molar-refractivity contribution < 1.29 is 0 Å². The predicted molar refractivity (Wildman–Crippen MR) is 45.8 cm³/mol. The van der Waals surface area contributed by atoms with Gasteiger partial charge in [-0.2, -0.15) is 5.10 Å². The lowest BCUT2D eigenvalue weighted by molar-refractivity contribution is 0.681. The van der Waals surface area contributed by atoms with Crippen LogP contribution in [0, 0.1) is 0 Å². The summed E-state index contributed by atoms with van der Waals surface area (Å²) in [5.41, 5.74) is 1.08. The van der Waals surface area contributed by atoms with Crippen molar-refractivity contribution in [1.82, 2.24) is 15.1 Å². The molecular weight excluding hydrogens is 162 g/mol. The summed E-state index contributed by atoms with van der Waals surface area (Å²) in [7, 11) is 3.82. The van der Waals surface area contributed by atoms with Crippen molar-refractivity contribution in [1.29, 1.82) is 0 Å². The monoisotopic (exact) mass is 173 g/mol. The molecule has 62 valence electrons. The van der Waals surface area contributed by atoms with Gasteiger partial charge in [0.25, 0.3) is 0 Å². The molecule has 1 aromatic heterocycles. The number of aryl methyl sites for hydroxylation is 1. The lowest BCUT2D eigenvalue weighted by atomic mass is 10.3. The standard InChI is InChI=1S/C7H12ClN3/c1-9-4-3-7-6(8)5-10-11(7)2/h5,9H,3-4H2,1-2H3. The van der Waals surface area contributed by atoms with E-state index in [-0.39, 0.29) is 0 Å². The van der Waals surface area contributed by atoms with Crippen molar-refractivity contribution in [2.45, 2.75) is 6.42 Å². The maximum Gasteiger partial charge on any atom is 0.0818 e. The third-order valence-corrected chi connectivity index (χ3v) is 1.94. The fraction of sp³-hybridized carbons (Fsp3) is 0.571. The quantitative estimate of drug-likeness (QED) is 0.734. The molecule has 1 N–H and O–H groups in total. The van der Waals surface area contributed by atoms with E-state index >= 15 is 0 Å². The third-order valence-electron chi connectivity index (χ3n) is 1.62. The van der Waals surface area contributed by atoms with Crippen LogP contribution in [-0.2, 0) is 13.5 Å². The molecule has 4 heteroatoms. The minimum atomic E-state index is 0.753. The van der Waals surface area contributed by atoms with Crippen LogP contribution in [0.2, 0.25) is 5.02 Å². The predicted octanol–water partition coefficient (Wildman–Crippen LogP) is 0.835. The smallest absolute Gasteiger partial charge is 0.0818 e. The van der Waals surface area contributed by atoms with Gasteiger partial charge in [-0.1, -0.05) is 11.6 Å². The first-order valence-electron chi connectivity index (χ1n) is 3.56. The molecule has 0 atom stereocenters. The highest BCUT2D eigenvalue weighted by molar-refractivity contribution is 6.31. The summed E-state index contributed by atoms with van der Waals surface area (Å²) >= 11 is 5.87. The van der Waals surface area contributed by atoms with Crippen LogP contribution in [0.25, 0.3) is 0 Å². The molecule has 0 fully saturated rings. The van der Waals surface area contributed by atoms with Crippen molar-refractivity contribution in [2.75, 3.05) is 13.6 Å². The highest BCUT2D eigenvalue weighted by Crippen LogP contribution is 2.13. The lowest BCUT2D eigenvalue weighted by Crippen LogP contribution is -2.12. The molecule has 0 bridgehead atoms. The second-order valence-electron chi connectivity index (χ2n) is 2.42. The molecule has 1 heterocycles. The second kappa shape index (κ2) is 3.74. The second-order valence-corrected chi connectivity index (χ2v) is 2.82. The Bertz CT molecular complexity index is 212. The summed E-state index contributed by atoms with van der Waals surface area (Å²) in [5, 5.41) is 7.84. The molecule has 0 saturated heterocycles. The third kappa shape index (κ3) is 1.94. The Labute approximate surface area is 71.4 Å². The minimum Gasteiger partial charge on any atom is -0.319 e. The molecule has 0 radical (unpaired) electrons. The Balaban J connectivity index is 2.67. The van der Waals surface area contributed by atoms with Crippen LogP contribution in [0.5, 0.6) is 0 Å². The number of nitrogens with one attached hydrogen (secondary N) is 1. The molecule has 0 amide bonds. The summed E-state index contributed by atoms with van der Waals surface area (Å²) in [6, 6.07) is 0. The van der Waals surface area contributed by atoms with E-state index in [0.717, 1.165) is 23.7 Å². The van der Waals surface area contributed by atoms with Gasteiger partial charge in [-0.3, -0.25) is 4.68 Å². The summed E-state index contributed by atoms with van der Waals surface area (Å²) in [6.07, 6.45) is 2.60. The summed E-state index contributed by atoms with van der Waals surface area (Å²) < 4.78 is 1.81. The first-order valence-corrected chi connectivity index (χ1v) is 3.94. The van der Waals surface area contributed by atoms with E-state index < -0.39 is 0 Å². The zero-order valence-corrected chi connectivity index (χ0v) is 7.52. The van der Waals surface area contributed by atoms with Crippen LogP contribution >= 0.6 is 11.6 Å². The molecule has 0 unspecified atom stereocenters. The molecular formula is C7H12ClN3. The van der Waals surface area contributed by atoms with Gasteiger partial charge in [0.1, 0.15) is 0 Å². The van der Waals surface area contributed by atoms with Gasteiger partial charge in [0.05, 0.1) is 16.9 Å². The Morgan fingerprint density at radius 1 is 1.73 bits per heavy atom. The van der Waals surface area contributed by atoms with Crippen molar-refractivity contribution in [3.8, 4) is 0 Å². The first-order chi connectivity index (χ1) is 5.25. The first kappa shape index (κ1) is 8.56. The SMILES string of the molecule is CNCCc1c(Cl)cnn1C. The van der Waals surface area contributed by atoms with E-state index in [9.17, 15) is 0 Å². The summed E-state index contributed by atoms with van der Waals surface area (Å²) in [4.78, 5) is 0. The minimum absolute atomic E-state index is 0.753. The number of halogens is 1. The fourth-order valence-corrected chi connectivity index (χ4v) is 1.22. The normalized spacial score (nSPS) is 10.5. The topological polar surface area (TPSA) is 29.9 Å². The lowest BCUT2D eigenvalue weighted by Gasteiger charge is -2.00. The highest BCUT2D eigenvalue weighted by atomic mass is 35.5. The van der Waals surface area contributed by atoms with E-state index in [1.165, 1.54) is 0 Å². The summed E-state index contributed by atoms with van der Waals surface area (Å²) in [5.74, 6) is 0. The molecule has 3 nitrogen and oxygen atoms in total. The Kier molecular flexibility index (Phi) is 2.91. The maximum absolute atomic E-state index is 5.87. The molecule has 0 aliphatic heterocycles. The van der Waals surface area contributed by atoms with Crippen molar-refractivity contribution >= 4 is 11.6 Å². The van der Waals surface area contributed by atoms with Gasteiger partial charge in [0, 0.05) is 20.0 Å². The summed E-state index contributed by atoms with van der Waals surface area (Å²) in [6.45, 7) is 0.930. The van der Waals surface area contributed by atoms with Crippen LogP contribution in [0.1, 0.15) is 5.69 Å². The van der Waals surface area contributed by atoms with Crippen LogP contribution in [-0.4, -0.2) is 23.4 Å². The Morgan fingerprint density at radius 3 is 2.91 bits per heavy atom. The van der Waals surface area contributed by atoms with E-state index in [2.05, 4.69) is 10.4 Å². The fourth-order valence-electron chi connectivity index (χ4n) is 0.961. The van der Waals surface area contributed by atoms with Crippen molar-refractivity contribution in [3.05, 3.63) is 16.9 Å². The van der Waals surface area contributed by atoms with E-state index in [4.69, 9.17) is 11.6 Å². The number of aromatic nitrogens is 2. The van der Waals surface area contributed by atoms with Crippen molar-refractivity contribution in [3.63, 3.8) is 0 Å². The molecule has 0 spiro atoms. The molecule has 0 saturated carbocycles. The van der Waals surface area contributed by atoms with E-state index in [1.54, 1.807) is 10.9 Å². The molecule has 0 aromatic carbocycles. The van der Waals surface area contributed by atoms with Crippen LogP contribution < -0.4 is 5.32 Å². The van der Waals surface area contributed by atoms with E-state index in [0.29, 0.717) is 0 Å². The largest absolute Gasteiger partial charge is 0.319 e. The molecule has 1 rings (SSSR count). The van der Waals surface area contributed by atoms with Gasteiger partial charge >= 0.3 is 0 Å².